The van der Waals surface area contributed by atoms with Gasteiger partial charge in [0.1, 0.15) is 5.54 Å². The summed E-state index contributed by atoms with van der Waals surface area (Å²) in [5, 5.41) is 0. The first-order chi connectivity index (χ1) is 5.57. The van der Waals surface area contributed by atoms with Gasteiger partial charge in [-0.1, -0.05) is 5.92 Å². The van der Waals surface area contributed by atoms with E-state index in [4.69, 9.17) is 10.5 Å². The molecule has 1 amide bonds. The number of nitrogens with two attached hydrogens (primary N) is 1. The highest BCUT2D eigenvalue weighted by Gasteiger charge is 2.39. The molecule has 0 unspecified atom stereocenters. The van der Waals surface area contributed by atoms with E-state index in [1.807, 2.05) is 19.0 Å². The molecular formula is C8H12N2O2. The van der Waals surface area contributed by atoms with Gasteiger partial charge in [-0.2, -0.15) is 0 Å². The van der Waals surface area contributed by atoms with E-state index in [1.165, 1.54) is 0 Å². The number of hydrogen-bond acceptors (Lipinski definition) is 3. The molecule has 2 N–H and O–H groups in total. The topological polar surface area (TPSA) is 55.6 Å². The quantitative estimate of drug-likeness (QED) is 0.501. The molecule has 1 heterocycles. The molecule has 0 bridgehead atoms. The Labute approximate surface area is 71.7 Å². The first kappa shape index (κ1) is 9.04. The number of carbonyl (C=O) groups excluding carboxylic acids is 1. The van der Waals surface area contributed by atoms with Crippen molar-refractivity contribution in [1.82, 2.24) is 4.90 Å². The number of nitrogens with zero attached hydrogens (tertiary/aromatic N) is 1. The van der Waals surface area contributed by atoms with Gasteiger partial charge in [-0.05, 0) is 20.0 Å². The average Bonchev–Trinajstić information content (AvgIpc) is 1.83. The predicted molar refractivity (Wildman–Crippen MR) is 44.2 cm³/mol. The van der Waals surface area contributed by atoms with Crippen molar-refractivity contribution in [1.29, 1.82) is 0 Å². The molecule has 0 aromatic heterocycles. The van der Waals surface area contributed by atoms with Crippen LogP contribution in [0.2, 0.25) is 0 Å². The minimum absolute atomic E-state index is 0.297. The predicted octanol–water partition coefficient (Wildman–Crippen LogP) is -1.19. The monoisotopic (exact) mass is 168 g/mol. The number of hydrogen-bond donors (Lipinski definition) is 1. The van der Waals surface area contributed by atoms with Crippen molar-refractivity contribution >= 4 is 5.91 Å². The minimum atomic E-state index is -0.594. The average molecular weight is 168 g/mol. The lowest BCUT2D eigenvalue weighted by Gasteiger charge is -2.42. The Morgan fingerprint density at radius 2 is 2.17 bits per heavy atom. The lowest BCUT2D eigenvalue weighted by atomic mass is 9.97. The van der Waals surface area contributed by atoms with E-state index in [0.29, 0.717) is 13.2 Å². The summed E-state index contributed by atoms with van der Waals surface area (Å²) < 4.78 is 5.04. The lowest BCUT2D eigenvalue weighted by Crippen LogP contribution is -2.58. The molecule has 4 heteroatoms. The second-order valence-corrected chi connectivity index (χ2v) is 3.03. The Bertz CT molecular complexity index is 246. The van der Waals surface area contributed by atoms with Crippen molar-refractivity contribution in [3.05, 3.63) is 0 Å². The van der Waals surface area contributed by atoms with Gasteiger partial charge in [-0.25, -0.2) is 0 Å². The van der Waals surface area contributed by atoms with E-state index in [1.54, 1.807) is 0 Å². The molecule has 4 nitrogen and oxygen atoms in total. The van der Waals surface area contributed by atoms with Crippen LogP contribution in [0.15, 0.2) is 0 Å². The normalized spacial score (nSPS) is 19.2. The third kappa shape index (κ3) is 1.58. The van der Waals surface area contributed by atoms with Crippen molar-refractivity contribution in [3.63, 3.8) is 0 Å². The zero-order chi connectivity index (χ0) is 9.19. The summed E-state index contributed by atoms with van der Waals surface area (Å²) in [7, 11) is 3.80. The third-order valence-electron chi connectivity index (χ3n) is 1.96. The Kier molecular flexibility index (Phi) is 2.36. The first-order valence-corrected chi connectivity index (χ1v) is 3.65. The molecule has 0 spiro atoms. The zero-order valence-electron chi connectivity index (χ0n) is 7.26. The second-order valence-electron chi connectivity index (χ2n) is 3.03. The number of carbonyl (C=O) groups is 1. The highest BCUT2D eigenvalue weighted by molar-refractivity contribution is 5.92. The van der Waals surface area contributed by atoms with Crippen molar-refractivity contribution in [2.45, 2.75) is 5.54 Å². The molecule has 0 aromatic carbocycles. The van der Waals surface area contributed by atoms with Crippen molar-refractivity contribution in [2.75, 3.05) is 27.3 Å². The van der Waals surface area contributed by atoms with E-state index in [9.17, 15) is 4.79 Å². The van der Waals surface area contributed by atoms with Crippen LogP contribution in [0.3, 0.4) is 0 Å². The van der Waals surface area contributed by atoms with Gasteiger partial charge in [0.2, 0.25) is 0 Å². The summed E-state index contributed by atoms with van der Waals surface area (Å²) in [5.41, 5.74) is 4.61. The number of amides is 1. The lowest BCUT2D eigenvalue weighted by molar-refractivity contribution is -0.113. The summed E-state index contributed by atoms with van der Waals surface area (Å²) in [6.07, 6.45) is 0. The van der Waals surface area contributed by atoms with Gasteiger partial charge in [0.15, 0.2) is 0 Å². The third-order valence-corrected chi connectivity index (χ3v) is 1.96. The number of ether oxygens (including phenoxy) is 1. The van der Waals surface area contributed by atoms with Crippen LogP contribution in [0.4, 0.5) is 0 Å². The fraction of sp³-hybridized carbons (Fsp3) is 0.625. The summed E-state index contributed by atoms with van der Waals surface area (Å²) in [5.74, 6) is 4.55. The molecule has 12 heavy (non-hydrogen) atoms. The van der Waals surface area contributed by atoms with Crippen LogP contribution < -0.4 is 5.73 Å². The van der Waals surface area contributed by atoms with Crippen LogP contribution in [0.25, 0.3) is 0 Å². The maximum Gasteiger partial charge on any atom is 0.293 e. The van der Waals surface area contributed by atoms with Gasteiger partial charge in [0, 0.05) is 0 Å². The summed E-state index contributed by atoms with van der Waals surface area (Å²) in [6.45, 7) is 1.08. The van der Waals surface area contributed by atoms with E-state index in [2.05, 4.69) is 11.8 Å². The SMILES string of the molecule is CN(C)C1(C#CC(N)=O)COC1. The van der Waals surface area contributed by atoms with E-state index < -0.39 is 5.91 Å². The molecule has 0 radical (unpaired) electrons. The summed E-state index contributed by atoms with van der Waals surface area (Å²) in [4.78, 5) is 12.3. The molecular weight excluding hydrogens is 156 g/mol. The van der Waals surface area contributed by atoms with Gasteiger partial charge >= 0.3 is 0 Å². The minimum Gasteiger partial charge on any atom is -0.375 e. The maximum absolute atomic E-state index is 10.4. The smallest absolute Gasteiger partial charge is 0.293 e. The highest BCUT2D eigenvalue weighted by atomic mass is 16.5. The largest absolute Gasteiger partial charge is 0.375 e. The Morgan fingerprint density at radius 3 is 2.42 bits per heavy atom. The number of primary amides is 1. The molecule has 0 aliphatic carbocycles. The van der Waals surface area contributed by atoms with Crippen LogP contribution >= 0.6 is 0 Å². The van der Waals surface area contributed by atoms with Crippen LogP contribution in [-0.4, -0.2) is 43.7 Å². The Balaban J connectivity index is 2.70. The highest BCUT2D eigenvalue weighted by Crippen LogP contribution is 2.21. The molecule has 1 aliphatic rings. The van der Waals surface area contributed by atoms with Gasteiger partial charge < -0.3 is 10.5 Å². The standard InChI is InChI=1S/C8H12N2O2/c1-10(2)8(5-12-6-8)4-3-7(9)11/h5-6H2,1-2H3,(H2,9,11). The van der Waals surface area contributed by atoms with E-state index >= 15 is 0 Å². The fourth-order valence-electron chi connectivity index (χ4n) is 0.916. The second kappa shape index (κ2) is 3.13. The fourth-order valence-corrected chi connectivity index (χ4v) is 0.916. The van der Waals surface area contributed by atoms with Gasteiger partial charge in [0.25, 0.3) is 5.91 Å². The molecule has 1 aliphatic heterocycles. The summed E-state index contributed by atoms with van der Waals surface area (Å²) in [6, 6.07) is 0. The van der Waals surface area contributed by atoms with Crippen molar-refractivity contribution < 1.29 is 9.53 Å². The van der Waals surface area contributed by atoms with Crippen LogP contribution in [0.1, 0.15) is 0 Å². The van der Waals surface area contributed by atoms with Crippen LogP contribution in [0, 0.1) is 11.8 Å². The zero-order valence-corrected chi connectivity index (χ0v) is 7.26. The van der Waals surface area contributed by atoms with E-state index in [0.717, 1.165) is 0 Å². The van der Waals surface area contributed by atoms with E-state index in [-0.39, 0.29) is 5.54 Å². The number of likely N-dealkylation sites (N-methyl/N-ethyl adjacent to an activating group) is 1. The van der Waals surface area contributed by atoms with Gasteiger partial charge in [0.05, 0.1) is 13.2 Å². The van der Waals surface area contributed by atoms with Crippen LogP contribution in [0.5, 0.6) is 0 Å². The van der Waals surface area contributed by atoms with Crippen molar-refractivity contribution in [3.8, 4) is 11.8 Å². The van der Waals surface area contributed by atoms with Crippen LogP contribution in [-0.2, 0) is 9.53 Å². The Hall–Kier alpha value is -1.05. The maximum atomic E-state index is 10.4. The van der Waals surface area contributed by atoms with Crippen molar-refractivity contribution in [2.24, 2.45) is 5.73 Å². The molecule has 1 fully saturated rings. The molecule has 66 valence electrons. The molecule has 0 atom stereocenters. The summed E-state index contributed by atoms with van der Waals surface area (Å²) >= 11 is 0. The molecule has 0 aromatic rings. The molecule has 1 saturated heterocycles. The Morgan fingerprint density at radius 1 is 1.58 bits per heavy atom. The molecule has 1 rings (SSSR count). The van der Waals surface area contributed by atoms with Gasteiger partial charge in [-0.15, -0.1) is 0 Å². The molecule has 0 saturated carbocycles. The first-order valence-electron chi connectivity index (χ1n) is 3.65. The van der Waals surface area contributed by atoms with Gasteiger partial charge in [-0.3, -0.25) is 9.69 Å². The number of rotatable bonds is 1.